The zero-order valence-electron chi connectivity index (χ0n) is 18.8. The van der Waals surface area contributed by atoms with E-state index in [1.54, 1.807) is 30.3 Å². The van der Waals surface area contributed by atoms with Gasteiger partial charge in [-0.25, -0.2) is 14.2 Å². The van der Waals surface area contributed by atoms with Crippen LogP contribution in [0.5, 0.6) is 0 Å². The number of likely N-dealkylation sites (N-methyl/N-ethyl adjacent to an activating group) is 1. The lowest BCUT2D eigenvalue weighted by atomic mass is 10.1. The van der Waals surface area contributed by atoms with Gasteiger partial charge in [0.25, 0.3) is 0 Å². The van der Waals surface area contributed by atoms with Gasteiger partial charge in [0.2, 0.25) is 0 Å². The average molecular weight is 497 g/mol. The number of ether oxygens (including phenoxy) is 1. The lowest BCUT2D eigenvalue weighted by Crippen LogP contribution is -2.45. The summed E-state index contributed by atoms with van der Waals surface area (Å²) in [5.41, 5.74) is 4.07. The molecule has 0 radical (unpaired) electrons. The molecule has 0 aromatic heterocycles. The second-order valence-corrected chi connectivity index (χ2v) is 9.38. The van der Waals surface area contributed by atoms with Crippen molar-refractivity contribution in [2.45, 2.75) is 18.8 Å². The largest absolute Gasteiger partial charge is 0.480 e. The van der Waals surface area contributed by atoms with Crippen LogP contribution in [-0.2, 0) is 29.8 Å². The minimum absolute atomic E-state index is 0.204. The van der Waals surface area contributed by atoms with Gasteiger partial charge in [-0.15, -0.1) is 0 Å². The maximum Gasteiger partial charge on any atom is 0.472 e. The number of phosphoric acid groups is 1. The highest BCUT2D eigenvalue weighted by atomic mass is 31.2. The van der Waals surface area contributed by atoms with Crippen LogP contribution in [-0.4, -0.2) is 46.7 Å². The number of nitrogens with zero attached hydrogens (tertiary/aromatic N) is 1. The first-order valence-electron chi connectivity index (χ1n) is 10.8. The summed E-state index contributed by atoms with van der Waals surface area (Å²) < 4.78 is 27.8. The number of phosphoric ester groups is 1. The number of carbonyl (C=O) groups excluding carboxylic acids is 1. The van der Waals surface area contributed by atoms with Crippen molar-refractivity contribution in [2.75, 3.05) is 13.7 Å². The van der Waals surface area contributed by atoms with E-state index in [0.717, 1.165) is 27.2 Å². The first-order valence-corrected chi connectivity index (χ1v) is 12.3. The normalized spacial score (nSPS) is 14.9. The first kappa shape index (κ1) is 24.6. The van der Waals surface area contributed by atoms with Crippen LogP contribution in [0.4, 0.5) is 4.79 Å². The number of aliphatic carboxylic acids is 1. The Hall–Kier alpha value is -3.49. The Morgan fingerprint density at radius 2 is 1.46 bits per heavy atom. The molecule has 0 aliphatic heterocycles. The molecule has 0 heterocycles. The van der Waals surface area contributed by atoms with Gasteiger partial charge in [0.1, 0.15) is 0 Å². The second kappa shape index (κ2) is 10.4. The van der Waals surface area contributed by atoms with Crippen LogP contribution < -0.4 is 0 Å². The predicted molar refractivity (Wildman–Crippen MR) is 126 cm³/mol. The van der Waals surface area contributed by atoms with E-state index >= 15 is 0 Å². The highest BCUT2D eigenvalue weighted by molar-refractivity contribution is 7.47. The zero-order valence-corrected chi connectivity index (χ0v) is 19.7. The molecule has 1 amide bonds. The van der Waals surface area contributed by atoms with E-state index in [-0.39, 0.29) is 6.61 Å². The van der Waals surface area contributed by atoms with Crippen LogP contribution in [0.1, 0.15) is 22.8 Å². The molecule has 0 bridgehead atoms. The Morgan fingerprint density at radius 1 is 0.914 bits per heavy atom. The minimum Gasteiger partial charge on any atom is -0.480 e. The Labute approximate surface area is 202 Å². The van der Waals surface area contributed by atoms with Crippen LogP contribution in [0.15, 0.2) is 78.9 Å². The van der Waals surface area contributed by atoms with E-state index in [9.17, 15) is 24.2 Å². The van der Waals surface area contributed by atoms with E-state index in [1.165, 1.54) is 7.05 Å². The second-order valence-electron chi connectivity index (χ2n) is 7.93. The third kappa shape index (κ3) is 5.61. The SMILES string of the molecule is CN(C(=O)OC1c2ccccc2-c2ccccc21)[C@@H](COP(=O)(O)OCc1ccccc1)C(=O)O. The quantitative estimate of drug-likeness (QED) is 0.411. The molecule has 9 nitrogen and oxygen atoms in total. The van der Waals surface area contributed by atoms with E-state index in [4.69, 9.17) is 13.8 Å². The fraction of sp³-hybridized carbons (Fsp3) is 0.200. The minimum atomic E-state index is -4.58. The number of hydrogen-bond acceptors (Lipinski definition) is 6. The van der Waals surface area contributed by atoms with E-state index in [1.807, 2.05) is 48.5 Å². The number of carboxylic acids is 1. The molecular formula is C25H24NO8P. The Bertz CT molecular complexity index is 1220. The number of carboxylic acid groups (broad SMARTS) is 1. The van der Waals surface area contributed by atoms with Crippen molar-refractivity contribution in [3.63, 3.8) is 0 Å². The monoisotopic (exact) mass is 497 g/mol. The standard InChI is InChI=1S/C25H24NO8P/c1-26(22(24(27)28)16-33-35(30,31)32-15-17-9-3-2-4-10-17)25(29)34-23-20-13-7-5-11-18(20)19-12-6-8-14-21(19)23/h2-14,22-23H,15-16H2,1H3,(H,27,28)(H,30,31)/t22-/m0/s1. The van der Waals surface area contributed by atoms with Crippen molar-refractivity contribution < 1.29 is 37.9 Å². The van der Waals surface area contributed by atoms with Gasteiger partial charge in [0, 0.05) is 18.2 Å². The molecular weight excluding hydrogens is 473 g/mol. The van der Waals surface area contributed by atoms with E-state index in [0.29, 0.717) is 5.56 Å². The van der Waals surface area contributed by atoms with Crippen LogP contribution in [0, 0.1) is 0 Å². The number of benzene rings is 3. The van der Waals surface area contributed by atoms with E-state index < -0.39 is 38.6 Å². The number of fused-ring (bicyclic) bond motifs is 3. The summed E-state index contributed by atoms with van der Waals surface area (Å²) in [4.78, 5) is 35.5. The number of amides is 1. The molecule has 3 aromatic carbocycles. The Morgan fingerprint density at radius 3 is 2.03 bits per heavy atom. The molecule has 4 rings (SSSR count). The third-order valence-electron chi connectivity index (χ3n) is 5.67. The molecule has 10 heteroatoms. The maximum atomic E-state index is 12.9. The molecule has 0 saturated carbocycles. The summed E-state index contributed by atoms with van der Waals surface area (Å²) in [5.74, 6) is -1.43. The highest BCUT2D eigenvalue weighted by Crippen LogP contribution is 2.46. The van der Waals surface area contributed by atoms with E-state index in [2.05, 4.69) is 0 Å². The van der Waals surface area contributed by atoms with Crippen LogP contribution >= 0.6 is 7.82 Å². The third-order valence-corrected chi connectivity index (χ3v) is 6.60. The van der Waals surface area contributed by atoms with Gasteiger partial charge in [0.15, 0.2) is 12.1 Å². The molecule has 0 fully saturated rings. The summed E-state index contributed by atoms with van der Waals surface area (Å²) in [6.07, 6.45) is -1.64. The van der Waals surface area contributed by atoms with Crippen molar-refractivity contribution >= 4 is 19.9 Å². The molecule has 182 valence electrons. The lowest BCUT2D eigenvalue weighted by Gasteiger charge is -2.26. The summed E-state index contributed by atoms with van der Waals surface area (Å²) in [6.45, 7) is -0.980. The molecule has 35 heavy (non-hydrogen) atoms. The Kier molecular flexibility index (Phi) is 7.33. The van der Waals surface area contributed by atoms with Gasteiger partial charge in [0.05, 0.1) is 13.2 Å². The van der Waals surface area contributed by atoms with Gasteiger partial charge in [-0.1, -0.05) is 78.9 Å². The number of hydrogen-bond donors (Lipinski definition) is 2. The maximum absolute atomic E-state index is 12.9. The fourth-order valence-electron chi connectivity index (χ4n) is 3.83. The summed E-state index contributed by atoms with van der Waals surface area (Å²) >= 11 is 0. The lowest BCUT2D eigenvalue weighted by molar-refractivity contribution is -0.143. The molecule has 2 N–H and O–H groups in total. The Balaban J connectivity index is 1.42. The smallest absolute Gasteiger partial charge is 0.472 e. The van der Waals surface area contributed by atoms with Crippen LogP contribution in [0.2, 0.25) is 0 Å². The fourth-order valence-corrected chi connectivity index (χ4v) is 4.55. The molecule has 0 saturated heterocycles. The van der Waals surface area contributed by atoms with Gasteiger partial charge in [-0.3, -0.25) is 13.9 Å². The number of carbonyl (C=O) groups is 2. The van der Waals surface area contributed by atoms with Gasteiger partial charge < -0.3 is 14.7 Å². The summed E-state index contributed by atoms with van der Waals surface area (Å²) in [5, 5.41) is 9.63. The van der Waals surface area contributed by atoms with Crippen molar-refractivity contribution in [3.8, 4) is 11.1 Å². The van der Waals surface area contributed by atoms with Gasteiger partial charge in [-0.2, -0.15) is 0 Å². The molecule has 1 aliphatic rings. The van der Waals surface area contributed by atoms with Crippen LogP contribution in [0.25, 0.3) is 11.1 Å². The van der Waals surface area contributed by atoms with Crippen molar-refractivity contribution in [2.24, 2.45) is 0 Å². The van der Waals surface area contributed by atoms with Crippen molar-refractivity contribution in [1.29, 1.82) is 0 Å². The van der Waals surface area contributed by atoms with Crippen molar-refractivity contribution in [1.82, 2.24) is 4.90 Å². The first-order chi connectivity index (χ1) is 16.8. The topological polar surface area (TPSA) is 123 Å². The summed E-state index contributed by atoms with van der Waals surface area (Å²) in [6, 6.07) is 22.0. The highest BCUT2D eigenvalue weighted by Gasteiger charge is 2.36. The van der Waals surface area contributed by atoms with Gasteiger partial charge >= 0.3 is 19.9 Å². The van der Waals surface area contributed by atoms with Crippen LogP contribution in [0.3, 0.4) is 0 Å². The van der Waals surface area contributed by atoms with Crippen molar-refractivity contribution in [3.05, 3.63) is 95.6 Å². The molecule has 3 aromatic rings. The predicted octanol–water partition coefficient (Wildman–Crippen LogP) is 4.61. The molecule has 1 aliphatic carbocycles. The molecule has 1 unspecified atom stereocenters. The summed E-state index contributed by atoms with van der Waals surface area (Å²) in [7, 11) is -3.35. The average Bonchev–Trinajstić information content (AvgIpc) is 3.17. The zero-order chi connectivity index (χ0) is 25.0. The molecule has 0 spiro atoms. The van der Waals surface area contributed by atoms with Gasteiger partial charge in [-0.05, 0) is 16.7 Å². The number of rotatable bonds is 9. The molecule has 2 atom stereocenters.